The molecule has 0 unspecified atom stereocenters. The largest absolute Gasteiger partial charge is 3.00 e. The Bertz CT molecular complexity index is 2100. The molecule has 0 aliphatic rings. The van der Waals surface area contributed by atoms with Gasteiger partial charge in [-0.2, -0.15) is 13.2 Å². The number of rotatable bonds is 8. The quantitative estimate of drug-likeness (QED) is 0.114. The van der Waals surface area contributed by atoms with Crippen LogP contribution in [-0.2, 0) is 40.4 Å². The summed E-state index contributed by atoms with van der Waals surface area (Å²) in [6.07, 6.45) is 2.30. The van der Waals surface area contributed by atoms with Gasteiger partial charge in [-0.3, -0.25) is 18.1 Å². The fraction of sp³-hybridized carbons (Fsp3) is 0.189. The van der Waals surface area contributed by atoms with Gasteiger partial charge in [0.25, 0.3) is 0 Å². The molecule has 16 heteroatoms. The van der Waals surface area contributed by atoms with Gasteiger partial charge in [-0.15, -0.1) is 24.3 Å². The summed E-state index contributed by atoms with van der Waals surface area (Å²) in [6.45, 7) is 4.68. The van der Waals surface area contributed by atoms with E-state index in [1.807, 2.05) is 82.8 Å². The molecule has 0 amide bonds. The minimum absolute atomic E-state index is 0. The predicted molar refractivity (Wildman–Crippen MR) is 182 cm³/mol. The smallest absolute Gasteiger partial charge is 0.572 e. The van der Waals surface area contributed by atoms with Crippen LogP contribution in [0.15, 0.2) is 97.6 Å². The summed E-state index contributed by atoms with van der Waals surface area (Å²) < 4.78 is 79.5. The van der Waals surface area contributed by atoms with Gasteiger partial charge in [0.05, 0.1) is 13.2 Å². The van der Waals surface area contributed by atoms with E-state index in [0.29, 0.717) is 41.7 Å². The number of hydrogen-bond acceptors (Lipinski definition) is 6. The van der Waals surface area contributed by atoms with Gasteiger partial charge >= 0.3 is 26.3 Å². The van der Waals surface area contributed by atoms with Crippen LogP contribution < -0.4 is 14.6 Å². The molecule has 0 spiro atoms. The molecule has 53 heavy (non-hydrogen) atoms. The van der Waals surface area contributed by atoms with Crippen molar-refractivity contribution in [3.63, 3.8) is 0 Å². The Morgan fingerprint density at radius 3 is 1.72 bits per heavy atom. The van der Waals surface area contributed by atoms with Gasteiger partial charge in [-0.1, -0.05) is 59.3 Å². The molecule has 0 bridgehead atoms. The summed E-state index contributed by atoms with van der Waals surface area (Å²) in [7, 11) is 3.65. The van der Waals surface area contributed by atoms with Crippen LogP contribution in [0.25, 0.3) is 39.7 Å². The van der Waals surface area contributed by atoms with Crippen molar-refractivity contribution in [3.05, 3.63) is 127 Å². The van der Waals surface area contributed by atoms with Gasteiger partial charge in [-0.25, -0.2) is 15.2 Å². The Hall–Kier alpha value is -5.60. The average molecular weight is 908 g/mol. The zero-order valence-corrected chi connectivity index (χ0v) is 31.2. The van der Waals surface area contributed by atoms with Crippen molar-refractivity contribution < 1.29 is 51.5 Å². The first-order chi connectivity index (χ1) is 25.0. The van der Waals surface area contributed by atoms with Gasteiger partial charge in [0.2, 0.25) is 0 Å². The standard InChI is InChI=1S/C13H8F3N4.2C12H12FN2O.Ir/c14-13(15,16)11-8-10(18-19-11)12-17-6-7-20(12)9-4-2-1-3-5-9;2*1-3-16-12-8-9(13)4-5-10(12)11-6-7-15(2)14-11;/h1-8H;2*4,6-8H,3H2,1-2H3;/q3*-1;+3. The first kappa shape index (κ1) is 40.2. The van der Waals surface area contributed by atoms with Crippen LogP contribution in [0.1, 0.15) is 19.5 Å². The normalized spacial score (nSPS) is 10.7. The minimum Gasteiger partial charge on any atom is -0.572 e. The SMILES string of the molecule is CCOc1cc(F)c[c-]c1-c1ccn(C)n1.CCOc1cc(F)c[c-]c1-c1ccn(C)n1.FC(F)(F)c1cc(-c2nccn2-c2ccccc2)[n-]n1.[Ir+3]. The molecule has 0 saturated carbocycles. The molecule has 0 saturated heterocycles. The van der Waals surface area contributed by atoms with Crippen molar-refractivity contribution >= 4 is 0 Å². The van der Waals surface area contributed by atoms with Crippen LogP contribution in [-0.4, -0.2) is 47.4 Å². The summed E-state index contributed by atoms with van der Waals surface area (Å²) in [5.74, 6) is 0.549. The molecule has 0 aliphatic carbocycles. The number of hydrogen-bond donors (Lipinski definition) is 0. The second kappa shape index (κ2) is 18.2. The van der Waals surface area contributed by atoms with E-state index >= 15 is 0 Å². The van der Waals surface area contributed by atoms with E-state index < -0.39 is 11.9 Å². The number of ether oxygens (including phenoxy) is 2. The molecule has 4 aromatic heterocycles. The second-order valence-corrected chi connectivity index (χ2v) is 10.8. The molecular weight excluding hydrogens is 876 g/mol. The number of benzene rings is 3. The molecule has 3 aromatic carbocycles. The molecular formula is C37H32F5IrN8O2. The molecule has 0 atom stereocenters. The maximum atomic E-state index is 13.1. The van der Waals surface area contributed by atoms with E-state index in [1.165, 1.54) is 30.5 Å². The number of alkyl halides is 3. The predicted octanol–water partition coefficient (Wildman–Crippen LogP) is 7.76. The van der Waals surface area contributed by atoms with Crippen molar-refractivity contribution in [2.24, 2.45) is 14.1 Å². The second-order valence-electron chi connectivity index (χ2n) is 10.8. The summed E-state index contributed by atoms with van der Waals surface area (Å²) in [6, 6.07) is 24.7. The summed E-state index contributed by atoms with van der Waals surface area (Å²) in [4.78, 5) is 4.05. The molecule has 0 fully saturated rings. The number of nitrogens with zero attached hydrogens (tertiary/aromatic N) is 8. The first-order valence-electron chi connectivity index (χ1n) is 15.8. The number of halogens is 5. The molecule has 10 nitrogen and oxygen atoms in total. The molecule has 0 aliphatic heterocycles. The van der Waals surface area contributed by atoms with Crippen LogP contribution in [0, 0.1) is 23.8 Å². The first-order valence-corrected chi connectivity index (χ1v) is 15.8. The molecule has 0 N–H and O–H groups in total. The fourth-order valence-corrected chi connectivity index (χ4v) is 4.77. The van der Waals surface area contributed by atoms with E-state index in [4.69, 9.17) is 9.47 Å². The summed E-state index contributed by atoms with van der Waals surface area (Å²) >= 11 is 0. The van der Waals surface area contributed by atoms with Crippen LogP contribution in [0.2, 0.25) is 0 Å². The summed E-state index contributed by atoms with van der Waals surface area (Å²) in [5.41, 5.74) is 2.68. The van der Waals surface area contributed by atoms with E-state index in [2.05, 4.69) is 37.5 Å². The van der Waals surface area contributed by atoms with Gasteiger partial charge in [-0.05, 0) is 32.0 Å². The van der Waals surface area contributed by atoms with Crippen LogP contribution in [0.5, 0.6) is 11.5 Å². The van der Waals surface area contributed by atoms with Crippen LogP contribution >= 0.6 is 0 Å². The zero-order valence-electron chi connectivity index (χ0n) is 28.8. The van der Waals surface area contributed by atoms with Crippen molar-refractivity contribution in [1.82, 2.24) is 39.3 Å². The average Bonchev–Trinajstić information content (AvgIpc) is 3.94. The van der Waals surface area contributed by atoms with Gasteiger partial charge in [0.15, 0.2) is 0 Å². The van der Waals surface area contributed by atoms with Crippen molar-refractivity contribution in [1.29, 1.82) is 0 Å². The van der Waals surface area contributed by atoms with Gasteiger partial charge in [0, 0.05) is 79.1 Å². The maximum Gasteiger partial charge on any atom is 3.00 e. The Kier molecular flexibility index (Phi) is 13.8. The Labute approximate surface area is 315 Å². The van der Waals surface area contributed by atoms with Crippen molar-refractivity contribution in [3.8, 4) is 51.2 Å². The minimum atomic E-state index is -4.50. The molecule has 276 valence electrons. The monoisotopic (exact) mass is 908 g/mol. The Balaban J connectivity index is 0.000000178. The third kappa shape index (κ3) is 10.5. The van der Waals surface area contributed by atoms with Gasteiger partial charge < -0.3 is 24.2 Å². The van der Waals surface area contributed by atoms with E-state index in [0.717, 1.165) is 23.1 Å². The Morgan fingerprint density at radius 1 is 0.755 bits per heavy atom. The maximum absolute atomic E-state index is 13.1. The topological polar surface area (TPSA) is 98.9 Å². The Morgan fingerprint density at radius 2 is 1.28 bits per heavy atom. The number of aromatic nitrogens is 8. The van der Waals surface area contributed by atoms with E-state index in [-0.39, 0.29) is 37.4 Å². The molecule has 4 heterocycles. The molecule has 7 aromatic rings. The van der Waals surface area contributed by atoms with Crippen LogP contribution in [0.4, 0.5) is 22.0 Å². The van der Waals surface area contributed by atoms with Crippen LogP contribution in [0.3, 0.4) is 0 Å². The van der Waals surface area contributed by atoms with Crippen molar-refractivity contribution in [2.45, 2.75) is 20.0 Å². The summed E-state index contributed by atoms with van der Waals surface area (Å²) in [5, 5.41) is 15.2. The third-order valence-corrected chi connectivity index (χ3v) is 7.01. The fourth-order valence-electron chi connectivity index (χ4n) is 4.77. The van der Waals surface area contributed by atoms with Crippen molar-refractivity contribution in [2.75, 3.05) is 13.2 Å². The number of imidazole rings is 1. The third-order valence-electron chi connectivity index (χ3n) is 7.01. The number of para-hydroxylation sites is 1. The molecule has 7 rings (SSSR count). The van der Waals surface area contributed by atoms with E-state index in [1.54, 1.807) is 20.1 Å². The zero-order chi connectivity index (χ0) is 37.3. The molecule has 0 radical (unpaired) electrons. The van der Waals surface area contributed by atoms with E-state index in [9.17, 15) is 22.0 Å². The van der Waals surface area contributed by atoms with Gasteiger partial charge in [0.1, 0.15) is 11.5 Å². The number of aryl methyl sites for hydroxylation is 2.